The molecule has 0 aromatic heterocycles. The summed E-state index contributed by atoms with van der Waals surface area (Å²) < 4.78 is 0. The molecule has 1 aliphatic heterocycles. The molecule has 1 N–H and O–H groups in total. The van der Waals surface area contributed by atoms with Crippen LogP contribution in [0.5, 0.6) is 0 Å². The number of nitrogens with one attached hydrogen (secondary N) is 1. The summed E-state index contributed by atoms with van der Waals surface area (Å²) in [6.07, 6.45) is 9.96. The summed E-state index contributed by atoms with van der Waals surface area (Å²) in [6.45, 7) is 4.71. The molecular weight excluding hydrogens is 146 g/mol. The van der Waals surface area contributed by atoms with Gasteiger partial charge in [-0.3, -0.25) is 0 Å². The van der Waals surface area contributed by atoms with Crippen molar-refractivity contribution in [3.05, 3.63) is 0 Å². The Balaban J connectivity index is 2.07. The Morgan fingerprint density at radius 2 is 1.42 bits per heavy atom. The first-order valence-corrected chi connectivity index (χ1v) is 5.41. The lowest BCUT2D eigenvalue weighted by Crippen LogP contribution is -2.57. The van der Waals surface area contributed by atoms with E-state index in [4.69, 9.17) is 0 Å². The minimum Gasteiger partial charge on any atom is -0.306 e. The van der Waals surface area contributed by atoms with Crippen molar-refractivity contribution in [2.24, 2.45) is 0 Å². The van der Waals surface area contributed by atoms with Crippen LogP contribution >= 0.6 is 0 Å². The van der Waals surface area contributed by atoms with Gasteiger partial charge in [-0.15, -0.1) is 0 Å². The van der Waals surface area contributed by atoms with Crippen molar-refractivity contribution >= 4 is 0 Å². The molecule has 1 heteroatoms. The molecule has 0 atom stereocenters. The highest BCUT2D eigenvalue weighted by Gasteiger charge is 2.40. The van der Waals surface area contributed by atoms with Crippen LogP contribution in [-0.4, -0.2) is 11.1 Å². The fourth-order valence-electron chi connectivity index (χ4n) is 3.14. The lowest BCUT2D eigenvalue weighted by molar-refractivity contribution is 0.157. The van der Waals surface area contributed by atoms with E-state index in [-0.39, 0.29) is 0 Å². The van der Waals surface area contributed by atoms with Gasteiger partial charge in [0.25, 0.3) is 0 Å². The van der Waals surface area contributed by atoms with Gasteiger partial charge < -0.3 is 5.32 Å². The van der Waals surface area contributed by atoms with Gasteiger partial charge in [-0.1, -0.05) is 12.8 Å². The smallest absolute Gasteiger partial charge is 0.0186 e. The molecule has 1 saturated carbocycles. The molecular formula is C11H21N. The predicted molar refractivity (Wildman–Crippen MR) is 52.3 cm³/mol. The van der Waals surface area contributed by atoms with E-state index in [0.29, 0.717) is 11.1 Å². The molecule has 0 aromatic rings. The van der Waals surface area contributed by atoms with Crippen molar-refractivity contribution < 1.29 is 0 Å². The summed E-state index contributed by atoms with van der Waals surface area (Å²) in [4.78, 5) is 0. The third kappa shape index (κ3) is 1.52. The molecule has 1 saturated heterocycles. The maximum Gasteiger partial charge on any atom is 0.0186 e. The van der Waals surface area contributed by atoms with E-state index in [1.165, 1.54) is 44.9 Å². The molecule has 12 heavy (non-hydrogen) atoms. The third-order valence-corrected chi connectivity index (χ3v) is 3.62. The molecule has 0 aromatic carbocycles. The van der Waals surface area contributed by atoms with E-state index in [0.717, 1.165) is 0 Å². The minimum atomic E-state index is 0.405. The maximum atomic E-state index is 3.87. The van der Waals surface area contributed by atoms with Gasteiger partial charge in [0.15, 0.2) is 0 Å². The van der Waals surface area contributed by atoms with E-state index < -0.39 is 0 Å². The first kappa shape index (κ1) is 8.55. The molecule has 1 heterocycles. The highest BCUT2D eigenvalue weighted by molar-refractivity contribution is 5.01. The van der Waals surface area contributed by atoms with Crippen LogP contribution in [0.2, 0.25) is 0 Å². The molecule has 2 fully saturated rings. The second kappa shape index (κ2) is 2.73. The molecule has 2 aliphatic rings. The lowest BCUT2D eigenvalue weighted by Gasteiger charge is -2.44. The Hall–Kier alpha value is -0.0400. The van der Waals surface area contributed by atoms with Crippen molar-refractivity contribution in [2.45, 2.75) is 69.9 Å². The van der Waals surface area contributed by atoms with Crippen LogP contribution in [0, 0.1) is 0 Å². The molecule has 1 spiro atoms. The first-order valence-electron chi connectivity index (χ1n) is 5.41. The minimum absolute atomic E-state index is 0.405. The average molecular weight is 167 g/mol. The van der Waals surface area contributed by atoms with Crippen molar-refractivity contribution in [3.8, 4) is 0 Å². The van der Waals surface area contributed by atoms with E-state index in [1.54, 1.807) is 0 Å². The molecule has 0 amide bonds. The zero-order valence-electron chi connectivity index (χ0n) is 8.45. The van der Waals surface area contributed by atoms with Gasteiger partial charge in [0, 0.05) is 11.1 Å². The standard InChI is InChI=1S/C11H21N/c1-10(2)6-5-9-11(12-10)7-3-4-8-11/h12H,3-9H2,1-2H3. The predicted octanol–water partition coefficient (Wildman–Crippen LogP) is 2.85. The zero-order valence-corrected chi connectivity index (χ0v) is 8.45. The molecule has 70 valence electrons. The van der Waals surface area contributed by atoms with E-state index in [9.17, 15) is 0 Å². The first-order chi connectivity index (χ1) is 5.62. The SMILES string of the molecule is CC1(C)CCCC2(CCCC2)N1. The molecule has 0 unspecified atom stereocenters. The molecule has 1 nitrogen and oxygen atoms in total. The average Bonchev–Trinajstić information content (AvgIpc) is 2.34. The summed E-state index contributed by atoms with van der Waals surface area (Å²) >= 11 is 0. The number of hydrogen-bond acceptors (Lipinski definition) is 1. The maximum absolute atomic E-state index is 3.87. The van der Waals surface area contributed by atoms with Crippen LogP contribution in [0.3, 0.4) is 0 Å². The highest BCUT2D eigenvalue weighted by Crippen LogP contribution is 2.39. The Morgan fingerprint density at radius 1 is 0.833 bits per heavy atom. The van der Waals surface area contributed by atoms with Gasteiger partial charge in [0.05, 0.1) is 0 Å². The third-order valence-electron chi connectivity index (χ3n) is 3.62. The number of hydrogen-bond donors (Lipinski definition) is 1. The Morgan fingerprint density at radius 3 is 2.00 bits per heavy atom. The van der Waals surface area contributed by atoms with Crippen LogP contribution in [0.25, 0.3) is 0 Å². The van der Waals surface area contributed by atoms with Gasteiger partial charge in [-0.05, 0) is 46.0 Å². The van der Waals surface area contributed by atoms with Gasteiger partial charge >= 0.3 is 0 Å². The van der Waals surface area contributed by atoms with Crippen molar-refractivity contribution in [1.82, 2.24) is 5.32 Å². The van der Waals surface area contributed by atoms with Crippen LogP contribution in [0.1, 0.15) is 58.8 Å². The van der Waals surface area contributed by atoms with Crippen LogP contribution < -0.4 is 5.32 Å². The molecule has 0 bridgehead atoms. The highest BCUT2D eigenvalue weighted by atomic mass is 15.1. The zero-order chi connectivity index (χ0) is 8.66. The topological polar surface area (TPSA) is 12.0 Å². The number of rotatable bonds is 0. The summed E-state index contributed by atoms with van der Waals surface area (Å²) in [5, 5.41) is 3.87. The van der Waals surface area contributed by atoms with E-state index in [2.05, 4.69) is 19.2 Å². The fourth-order valence-corrected chi connectivity index (χ4v) is 3.14. The van der Waals surface area contributed by atoms with E-state index in [1.807, 2.05) is 0 Å². The van der Waals surface area contributed by atoms with Gasteiger partial charge in [-0.25, -0.2) is 0 Å². The monoisotopic (exact) mass is 167 g/mol. The summed E-state index contributed by atoms with van der Waals surface area (Å²) in [5.74, 6) is 0. The second-order valence-corrected chi connectivity index (χ2v) is 5.35. The summed E-state index contributed by atoms with van der Waals surface area (Å²) in [7, 11) is 0. The quantitative estimate of drug-likeness (QED) is 0.585. The fraction of sp³-hybridized carbons (Fsp3) is 1.00. The van der Waals surface area contributed by atoms with E-state index >= 15 is 0 Å². The van der Waals surface area contributed by atoms with Crippen LogP contribution in [0.4, 0.5) is 0 Å². The Labute approximate surface area is 75.9 Å². The largest absolute Gasteiger partial charge is 0.306 e. The summed E-state index contributed by atoms with van der Waals surface area (Å²) in [6, 6.07) is 0. The van der Waals surface area contributed by atoms with Crippen molar-refractivity contribution in [1.29, 1.82) is 0 Å². The number of piperidine rings is 1. The molecule has 0 radical (unpaired) electrons. The Kier molecular flexibility index (Phi) is 1.95. The second-order valence-electron chi connectivity index (χ2n) is 5.35. The molecule has 2 rings (SSSR count). The molecule has 1 aliphatic carbocycles. The summed E-state index contributed by atoms with van der Waals surface area (Å²) in [5.41, 5.74) is 0.963. The lowest BCUT2D eigenvalue weighted by atomic mass is 9.80. The van der Waals surface area contributed by atoms with Gasteiger partial charge in [-0.2, -0.15) is 0 Å². The Bertz CT molecular complexity index is 166. The van der Waals surface area contributed by atoms with Gasteiger partial charge in [0.2, 0.25) is 0 Å². The van der Waals surface area contributed by atoms with Crippen molar-refractivity contribution in [3.63, 3.8) is 0 Å². The normalized spacial score (nSPS) is 32.5. The van der Waals surface area contributed by atoms with Crippen molar-refractivity contribution in [2.75, 3.05) is 0 Å². The van der Waals surface area contributed by atoms with Gasteiger partial charge in [0.1, 0.15) is 0 Å². The van der Waals surface area contributed by atoms with Crippen LogP contribution in [0.15, 0.2) is 0 Å². The van der Waals surface area contributed by atoms with Crippen LogP contribution in [-0.2, 0) is 0 Å².